The summed E-state index contributed by atoms with van der Waals surface area (Å²) in [6.45, 7) is 7.30. The van der Waals surface area contributed by atoms with Gasteiger partial charge >= 0.3 is 6.09 Å². The molecule has 3 rings (SSSR count). The molecule has 9 heteroatoms. The number of hydrogen-bond acceptors (Lipinski definition) is 4. The molecule has 176 valence electrons. The zero-order valence-corrected chi connectivity index (χ0v) is 20.3. The number of nitrogens with zero attached hydrogens (tertiary/aromatic N) is 2. The van der Waals surface area contributed by atoms with E-state index in [9.17, 15) is 14.4 Å². The van der Waals surface area contributed by atoms with Crippen molar-refractivity contribution in [3.63, 3.8) is 0 Å². The normalized spacial score (nSPS) is 21.6. The Morgan fingerprint density at radius 2 is 1.88 bits per heavy atom. The van der Waals surface area contributed by atoms with Crippen LogP contribution in [0, 0.1) is 5.92 Å². The van der Waals surface area contributed by atoms with E-state index in [1.807, 2.05) is 25.7 Å². The van der Waals surface area contributed by atoms with Gasteiger partial charge in [0.25, 0.3) is 0 Å². The van der Waals surface area contributed by atoms with Gasteiger partial charge in [-0.15, -0.1) is 0 Å². The van der Waals surface area contributed by atoms with Crippen LogP contribution in [0.4, 0.5) is 4.79 Å². The average Bonchev–Trinajstić information content (AvgIpc) is 3.08. The fourth-order valence-corrected chi connectivity index (χ4v) is 4.74. The summed E-state index contributed by atoms with van der Waals surface area (Å²) in [6, 6.07) is 4.69. The van der Waals surface area contributed by atoms with Crippen LogP contribution in [0.3, 0.4) is 0 Å². The third-order valence-corrected chi connectivity index (χ3v) is 6.48. The lowest BCUT2D eigenvalue weighted by atomic mass is 9.97. The zero-order chi connectivity index (χ0) is 23.5. The number of likely N-dealkylation sites (tertiary alicyclic amines) is 2. The van der Waals surface area contributed by atoms with Crippen molar-refractivity contribution in [3.05, 3.63) is 33.8 Å². The molecule has 7 nitrogen and oxygen atoms in total. The highest BCUT2D eigenvalue weighted by molar-refractivity contribution is 6.36. The summed E-state index contributed by atoms with van der Waals surface area (Å²) in [5, 5.41) is 3.77. The highest BCUT2D eigenvalue weighted by atomic mass is 35.5. The summed E-state index contributed by atoms with van der Waals surface area (Å²) >= 11 is 12.6. The van der Waals surface area contributed by atoms with Gasteiger partial charge in [-0.3, -0.25) is 9.59 Å². The van der Waals surface area contributed by atoms with Crippen LogP contribution in [0.5, 0.6) is 0 Å². The van der Waals surface area contributed by atoms with Gasteiger partial charge in [-0.25, -0.2) is 4.79 Å². The molecule has 2 atom stereocenters. The molecule has 0 spiro atoms. The third kappa shape index (κ3) is 6.29. The molecule has 3 amide bonds. The van der Waals surface area contributed by atoms with E-state index >= 15 is 0 Å². The fourth-order valence-electron chi connectivity index (χ4n) is 4.23. The van der Waals surface area contributed by atoms with Gasteiger partial charge in [-0.2, -0.15) is 0 Å². The number of amides is 3. The minimum atomic E-state index is -0.554. The van der Waals surface area contributed by atoms with Crippen molar-refractivity contribution in [1.82, 2.24) is 15.1 Å². The van der Waals surface area contributed by atoms with Crippen LogP contribution in [0.15, 0.2) is 18.2 Å². The molecule has 0 unspecified atom stereocenters. The Labute approximate surface area is 199 Å². The van der Waals surface area contributed by atoms with Crippen LogP contribution >= 0.6 is 23.2 Å². The maximum absolute atomic E-state index is 13.3. The van der Waals surface area contributed by atoms with E-state index in [0.29, 0.717) is 48.1 Å². The second-order valence-corrected chi connectivity index (χ2v) is 10.3. The minimum Gasteiger partial charge on any atom is -0.444 e. The highest BCUT2D eigenvalue weighted by Crippen LogP contribution is 2.30. The van der Waals surface area contributed by atoms with Crippen LogP contribution < -0.4 is 5.32 Å². The maximum atomic E-state index is 13.3. The van der Waals surface area contributed by atoms with E-state index in [1.165, 1.54) is 0 Å². The topological polar surface area (TPSA) is 79.0 Å². The van der Waals surface area contributed by atoms with Crippen LogP contribution in [0.25, 0.3) is 0 Å². The van der Waals surface area contributed by atoms with E-state index in [-0.39, 0.29) is 24.3 Å². The van der Waals surface area contributed by atoms with Crippen LogP contribution in [-0.4, -0.2) is 59.0 Å². The Kier molecular flexibility index (Phi) is 7.93. The molecule has 2 heterocycles. The predicted molar refractivity (Wildman–Crippen MR) is 124 cm³/mol. The van der Waals surface area contributed by atoms with Gasteiger partial charge in [-0.1, -0.05) is 29.3 Å². The molecule has 2 saturated heterocycles. The van der Waals surface area contributed by atoms with Crippen molar-refractivity contribution in [3.8, 4) is 0 Å². The molecule has 0 radical (unpaired) electrons. The first-order chi connectivity index (χ1) is 15.0. The Morgan fingerprint density at radius 1 is 1.19 bits per heavy atom. The van der Waals surface area contributed by atoms with Gasteiger partial charge in [0, 0.05) is 48.2 Å². The summed E-state index contributed by atoms with van der Waals surface area (Å²) in [4.78, 5) is 41.3. The summed E-state index contributed by atoms with van der Waals surface area (Å²) in [7, 11) is 0. The number of carbonyl (C=O) groups excluding carboxylic acids is 3. The summed E-state index contributed by atoms with van der Waals surface area (Å²) < 4.78 is 5.29. The van der Waals surface area contributed by atoms with E-state index < -0.39 is 17.7 Å². The molecule has 2 aliphatic rings. The molecule has 1 aromatic rings. The monoisotopic (exact) mass is 483 g/mol. The molecule has 0 aromatic heterocycles. The molecule has 1 aromatic carbocycles. The summed E-state index contributed by atoms with van der Waals surface area (Å²) in [5.41, 5.74) is 0.101. The highest BCUT2D eigenvalue weighted by Gasteiger charge is 2.39. The first-order valence-electron chi connectivity index (χ1n) is 11.0. The van der Waals surface area contributed by atoms with Crippen LogP contribution in [-0.2, 0) is 20.9 Å². The average molecular weight is 484 g/mol. The van der Waals surface area contributed by atoms with Gasteiger partial charge in [0.2, 0.25) is 11.8 Å². The Hall–Kier alpha value is -1.99. The number of rotatable bonds is 5. The number of halogens is 2. The number of piperidine rings is 1. The Balaban J connectivity index is 1.61. The van der Waals surface area contributed by atoms with Crippen molar-refractivity contribution in [1.29, 1.82) is 0 Å². The third-order valence-electron chi connectivity index (χ3n) is 5.77. The van der Waals surface area contributed by atoms with E-state index in [1.54, 1.807) is 23.1 Å². The maximum Gasteiger partial charge on any atom is 0.407 e. The molecule has 2 fully saturated rings. The number of carbonyl (C=O) groups is 3. The molecule has 0 aliphatic carbocycles. The molecule has 0 bridgehead atoms. The van der Waals surface area contributed by atoms with E-state index in [0.717, 1.165) is 12.8 Å². The predicted octanol–water partition coefficient (Wildman–Crippen LogP) is 4.25. The van der Waals surface area contributed by atoms with E-state index in [4.69, 9.17) is 27.9 Å². The van der Waals surface area contributed by atoms with Gasteiger partial charge in [0.05, 0.1) is 0 Å². The lowest BCUT2D eigenvalue weighted by Crippen LogP contribution is -2.51. The van der Waals surface area contributed by atoms with Crippen molar-refractivity contribution in [2.45, 2.75) is 64.6 Å². The van der Waals surface area contributed by atoms with Crippen molar-refractivity contribution >= 4 is 41.1 Å². The standard InChI is InChI=1S/C23H31Cl2N3O4/c1-23(2,3)32-22(31)26-12-15-6-5-11-27(13-15)21(30)19-9-10-20(29)28(19)14-16-17(24)7-4-8-18(16)25/h4,7-8,15,19H,5-6,9-14H2,1-3H3,(H,26,31)/t15-,19+/m1/s1. The largest absolute Gasteiger partial charge is 0.444 e. The quantitative estimate of drug-likeness (QED) is 0.678. The Morgan fingerprint density at radius 3 is 2.53 bits per heavy atom. The lowest BCUT2D eigenvalue weighted by molar-refractivity contribution is -0.143. The number of hydrogen-bond donors (Lipinski definition) is 1. The number of ether oxygens (including phenoxy) is 1. The van der Waals surface area contributed by atoms with Crippen molar-refractivity contribution < 1.29 is 19.1 Å². The number of benzene rings is 1. The SMILES string of the molecule is CC(C)(C)OC(=O)NC[C@H]1CCCN(C(=O)[C@@H]2CCC(=O)N2Cc2c(Cl)cccc2Cl)C1. The van der Waals surface area contributed by atoms with Crippen LogP contribution in [0.2, 0.25) is 10.0 Å². The number of alkyl carbamates (subject to hydrolysis) is 1. The van der Waals surface area contributed by atoms with Gasteiger partial charge in [0.1, 0.15) is 11.6 Å². The first kappa shape index (κ1) is 24.6. The second kappa shape index (κ2) is 10.3. The molecule has 2 aliphatic heterocycles. The summed E-state index contributed by atoms with van der Waals surface area (Å²) in [5.74, 6) is 0.0178. The minimum absolute atomic E-state index is 0.0546. The smallest absolute Gasteiger partial charge is 0.407 e. The van der Waals surface area contributed by atoms with E-state index in [2.05, 4.69) is 5.32 Å². The van der Waals surface area contributed by atoms with Gasteiger partial charge < -0.3 is 19.9 Å². The molecule has 32 heavy (non-hydrogen) atoms. The van der Waals surface area contributed by atoms with Gasteiger partial charge in [-0.05, 0) is 58.1 Å². The molecule has 1 N–H and O–H groups in total. The van der Waals surface area contributed by atoms with Crippen molar-refractivity contribution in [2.75, 3.05) is 19.6 Å². The fraction of sp³-hybridized carbons (Fsp3) is 0.609. The van der Waals surface area contributed by atoms with Crippen LogP contribution in [0.1, 0.15) is 52.0 Å². The van der Waals surface area contributed by atoms with Crippen molar-refractivity contribution in [2.24, 2.45) is 5.92 Å². The lowest BCUT2D eigenvalue weighted by Gasteiger charge is -2.36. The molecule has 0 saturated carbocycles. The first-order valence-corrected chi connectivity index (χ1v) is 11.8. The summed E-state index contributed by atoms with van der Waals surface area (Å²) in [6.07, 6.45) is 2.13. The molecular formula is C23H31Cl2N3O4. The van der Waals surface area contributed by atoms with Gasteiger partial charge in [0.15, 0.2) is 0 Å². The molecular weight excluding hydrogens is 453 g/mol. The number of nitrogens with one attached hydrogen (secondary N) is 1. The zero-order valence-electron chi connectivity index (χ0n) is 18.8. The Bertz CT molecular complexity index is 851. The second-order valence-electron chi connectivity index (χ2n) is 9.45.